The van der Waals surface area contributed by atoms with Gasteiger partial charge < -0.3 is 10.6 Å². The largest absolute Gasteiger partial charge is 0.312 e. The Morgan fingerprint density at radius 1 is 1.42 bits per heavy atom. The van der Waals surface area contributed by atoms with Crippen molar-refractivity contribution < 1.29 is 4.39 Å². The summed E-state index contributed by atoms with van der Waals surface area (Å²) >= 11 is 0. The molecule has 1 aromatic rings. The van der Waals surface area contributed by atoms with Crippen LogP contribution in [0.3, 0.4) is 0 Å². The van der Waals surface area contributed by atoms with Gasteiger partial charge in [-0.25, -0.2) is 4.39 Å². The average molecular weight is 264 g/mol. The van der Waals surface area contributed by atoms with Gasteiger partial charge in [0.25, 0.3) is 0 Å². The molecule has 0 spiro atoms. The molecule has 1 aliphatic heterocycles. The number of halogens is 1. The molecule has 0 aromatic heterocycles. The molecule has 1 heterocycles. The third-order valence-corrected chi connectivity index (χ3v) is 4.02. The fourth-order valence-electron chi connectivity index (χ4n) is 2.72. The molecule has 1 unspecified atom stereocenters. The van der Waals surface area contributed by atoms with Gasteiger partial charge in [0.1, 0.15) is 5.82 Å². The maximum Gasteiger partial charge on any atom is 0.123 e. The fourth-order valence-corrected chi connectivity index (χ4v) is 2.72. The molecule has 1 aliphatic rings. The Kier molecular flexibility index (Phi) is 3.98. The van der Waals surface area contributed by atoms with Gasteiger partial charge in [-0.15, -0.1) is 0 Å². The summed E-state index contributed by atoms with van der Waals surface area (Å²) in [7, 11) is 0. The van der Waals surface area contributed by atoms with Gasteiger partial charge in [-0.05, 0) is 38.0 Å². The van der Waals surface area contributed by atoms with Crippen molar-refractivity contribution in [2.75, 3.05) is 13.1 Å². The smallest absolute Gasteiger partial charge is 0.123 e. The molecule has 106 valence electrons. The quantitative estimate of drug-likeness (QED) is 0.874. The molecule has 2 N–H and O–H groups in total. The Labute approximate surface area is 115 Å². The van der Waals surface area contributed by atoms with Gasteiger partial charge in [-0.1, -0.05) is 26.0 Å². The van der Waals surface area contributed by atoms with Crippen molar-refractivity contribution in [3.8, 4) is 0 Å². The molecule has 0 amide bonds. The summed E-state index contributed by atoms with van der Waals surface area (Å²) in [5.41, 5.74) is 1.21. The Morgan fingerprint density at radius 3 is 2.74 bits per heavy atom. The van der Waals surface area contributed by atoms with Crippen LogP contribution in [0.1, 0.15) is 39.7 Å². The minimum atomic E-state index is -0.158. The summed E-state index contributed by atoms with van der Waals surface area (Å²) in [5.74, 6) is -0.158. The lowest BCUT2D eigenvalue weighted by atomic mass is 9.84. The Bertz CT molecular complexity index is 440. The van der Waals surface area contributed by atoms with Crippen LogP contribution in [0.5, 0.6) is 0 Å². The van der Waals surface area contributed by atoms with Gasteiger partial charge >= 0.3 is 0 Å². The molecule has 0 radical (unpaired) electrons. The molecule has 1 aromatic carbocycles. The lowest BCUT2D eigenvalue weighted by molar-refractivity contribution is 0.406. The van der Waals surface area contributed by atoms with E-state index in [4.69, 9.17) is 0 Å². The second-order valence-corrected chi connectivity index (χ2v) is 6.94. The molecule has 3 heteroatoms. The van der Waals surface area contributed by atoms with Gasteiger partial charge in [0.15, 0.2) is 0 Å². The topological polar surface area (TPSA) is 24.1 Å². The normalized spacial score (nSPS) is 22.7. The number of hydrogen-bond donors (Lipinski definition) is 2. The maximum atomic E-state index is 13.3. The Morgan fingerprint density at radius 2 is 2.16 bits per heavy atom. The lowest BCUT2D eigenvalue weighted by Crippen LogP contribution is -2.40. The van der Waals surface area contributed by atoms with E-state index in [2.05, 4.69) is 38.3 Å². The third kappa shape index (κ3) is 3.77. The van der Waals surface area contributed by atoms with Crippen LogP contribution in [-0.4, -0.2) is 24.7 Å². The van der Waals surface area contributed by atoms with Crippen LogP contribution in [0.15, 0.2) is 24.3 Å². The summed E-state index contributed by atoms with van der Waals surface area (Å²) < 4.78 is 13.3. The highest BCUT2D eigenvalue weighted by Crippen LogP contribution is 2.24. The van der Waals surface area contributed by atoms with E-state index in [0.717, 1.165) is 25.1 Å². The highest BCUT2D eigenvalue weighted by Gasteiger charge is 2.31. The van der Waals surface area contributed by atoms with Crippen LogP contribution in [-0.2, 0) is 5.41 Å². The molecule has 0 saturated carbocycles. The zero-order valence-corrected chi connectivity index (χ0v) is 12.4. The fraction of sp³-hybridized carbons (Fsp3) is 0.625. The molecule has 19 heavy (non-hydrogen) atoms. The first-order valence-electron chi connectivity index (χ1n) is 7.03. The Balaban J connectivity index is 1.95. The highest BCUT2D eigenvalue weighted by atomic mass is 19.1. The van der Waals surface area contributed by atoms with Crippen molar-refractivity contribution in [1.82, 2.24) is 10.6 Å². The van der Waals surface area contributed by atoms with Gasteiger partial charge in [0.05, 0.1) is 0 Å². The summed E-state index contributed by atoms with van der Waals surface area (Å²) in [6.45, 7) is 10.6. The van der Waals surface area contributed by atoms with Crippen LogP contribution >= 0.6 is 0 Å². The van der Waals surface area contributed by atoms with E-state index in [1.807, 2.05) is 6.07 Å². The minimum Gasteiger partial charge on any atom is -0.312 e. The lowest BCUT2D eigenvalue weighted by Gasteiger charge is -2.28. The van der Waals surface area contributed by atoms with E-state index >= 15 is 0 Å². The molecule has 1 atom stereocenters. The van der Waals surface area contributed by atoms with Crippen LogP contribution in [0.25, 0.3) is 0 Å². The van der Waals surface area contributed by atoms with Crippen molar-refractivity contribution in [3.05, 3.63) is 35.6 Å². The van der Waals surface area contributed by atoms with Gasteiger partial charge in [0, 0.05) is 30.1 Å². The molecular weight excluding hydrogens is 239 g/mol. The number of nitrogens with one attached hydrogen (secondary N) is 2. The van der Waals surface area contributed by atoms with Crippen molar-refractivity contribution in [2.45, 2.75) is 51.1 Å². The van der Waals surface area contributed by atoms with E-state index in [1.54, 1.807) is 12.1 Å². The van der Waals surface area contributed by atoms with Crippen LogP contribution in [0, 0.1) is 5.82 Å². The standard InChI is InChI=1S/C16H25FN2/c1-15(2,12-6-5-7-13(17)8-12)11-18-14-9-16(3,4)19-10-14/h5-8,14,18-19H,9-11H2,1-4H3. The predicted octanol–water partition coefficient (Wildman–Crippen LogP) is 2.83. The van der Waals surface area contributed by atoms with E-state index in [0.29, 0.717) is 6.04 Å². The number of hydrogen-bond acceptors (Lipinski definition) is 2. The monoisotopic (exact) mass is 264 g/mol. The molecule has 2 rings (SSSR count). The zero-order valence-electron chi connectivity index (χ0n) is 12.4. The average Bonchev–Trinajstić information content (AvgIpc) is 2.67. The predicted molar refractivity (Wildman–Crippen MR) is 77.9 cm³/mol. The SMILES string of the molecule is CC1(C)CC(NCC(C)(C)c2cccc(F)c2)CN1. The number of benzene rings is 1. The van der Waals surface area contributed by atoms with Crippen LogP contribution in [0.4, 0.5) is 4.39 Å². The molecule has 2 nitrogen and oxygen atoms in total. The highest BCUT2D eigenvalue weighted by molar-refractivity contribution is 5.25. The van der Waals surface area contributed by atoms with Crippen molar-refractivity contribution in [2.24, 2.45) is 0 Å². The molecule has 1 fully saturated rings. The second kappa shape index (κ2) is 5.22. The summed E-state index contributed by atoms with van der Waals surface area (Å²) in [4.78, 5) is 0. The summed E-state index contributed by atoms with van der Waals surface area (Å²) in [6, 6.07) is 7.42. The van der Waals surface area contributed by atoms with E-state index < -0.39 is 0 Å². The van der Waals surface area contributed by atoms with E-state index in [-0.39, 0.29) is 16.8 Å². The van der Waals surface area contributed by atoms with Gasteiger partial charge in [-0.2, -0.15) is 0 Å². The molecule has 1 saturated heterocycles. The van der Waals surface area contributed by atoms with Crippen molar-refractivity contribution >= 4 is 0 Å². The Hall–Kier alpha value is -0.930. The first-order valence-corrected chi connectivity index (χ1v) is 7.03. The molecular formula is C16H25FN2. The molecule has 0 aliphatic carbocycles. The maximum absolute atomic E-state index is 13.3. The first-order chi connectivity index (χ1) is 8.78. The van der Waals surface area contributed by atoms with Gasteiger partial charge in [0.2, 0.25) is 0 Å². The van der Waals surface area contributed by atoms with E-state index in [9.17, 15) is 4.39 Å². The van der Waals surface area contributed by atoms with Crippen molar-refractivity contribution in [3.63, 3.8) is 0 Å². The second-order valence-electron chi connectivity index (χ2n) is 6.94. The third-order valence-electron chi connectivity index (χ3n) is 4.02. The summed E-state index contributed by atoms with van der Waals surface area (Å²) in [5, 5.41) is 7.12. The van der Waals surface area contributed by atoms with E-state index in [1.165, 1.54) is 6.07 Å². The minimum absolute atomic E-state index is 0.0607. The zero-order chi connectivity index (χ0) is 14.1. The van der Waals surface area contributed by atoms with Crippen LogP contribution in [0.2, 0.25) is 0 Å². The first kappa shape index (κ1) is 14.5. The number of rotatable bonds is 4. The molecule has 0 bridgehead atoms. The summed E-state index contributed by atoms with van der Waals surface area (Å²) in [6.07, 6.45) is 1.13. The van der Waals surface area contributed by atoms with Crippen LogP contribution < -0.4 is 10.6 Å². The van der Waals surface area contributed by atoms with Crippen molar-refractivity contribution in [1.29, 1.82) is 0 Å². The van der Waals surface area contributed by atoms with Gasteiger partial charge in [-0.3, -0.25) is 0 Å².